The number of amides is 2. The highest BCUT2D eigenvalue weighted by atomic mass is 16.5. The molecule has 0 bridgehead atoms. The van der Waals surface area contributed by atoms with E-state index >= 15 is 0 Å². The van der Waals surface area contributed by atoms with Gasteiger partial charge in [0, 0.05) is 31.3 Å². The lowest BCUT2D eigenvalue weighted by molar-refractivity contribution is -0.114. The molecule has 0 aliphatic heterocycles. The Labute approximate surface area is 107 Å². The first-order chi connectivity index (χ1) is 8.52. The lowest BCUT2D eigenvalue weighted by Gasteiger charge is -2.12. The molecular weight excluding hydrogens is 232 g/mol. The third-order valence-corrected chi connectivity index (χ3v) is 2.26. The number of ether oxygens (including phenoxy) is 1. The minimum absolute atomic E-state index is 0.0440. The van der Waals surface area contributed by atoms with Crippen LogP contribution in [0.5, 0.6) is 0 Å². The molecule has 0 fully saturated rings. The van der Waals surface area contributed by atoms with Gasteiger partial charge in [-0.25, -0.2) is 0 Å². The summed E-state index contributed by atoms with van der Waals surface area (Å²) in [5, 5.41) is 5.45. The quantitative estimate of drug-likeness (QED) is 0.830. The topological polar surface area (TPSA) is 67.4 Å². The van der Waals surface area contributed by atoms with Crippen LogP contribution in [0.3, 0.4) is 0 Å². The Morgan fingerprint density at radius 2 is 1.89 bits per heavy atom. The van der Waals surface area contributed by atoms with Crippen LogP contribution in [0.1, 0.15) is 24.2 Å². The van der Waals surface area contributed by atoms with Crippen LogP contribution in [-0.4, -0.2) is 31.6 Å². The number of carbonyl (C=O) groups excluding carboxylic acids is 2. The molecule has 1 atom stereocenters. The van der Waals surface area contributed by atoms with Crippen LogP contribution in [0.25, 0.3) is 0 Å². The summed E-state index contributed by atoms with van der Waals surface area (Å²) < 4.78 is 4.94. The highest BCUT2D eigenvalue weighted by molar-refractivity contribution is 5.95. The van der Waals surface area contributed by atoms with Gasteiger partial charge in [-0.1, -0.05) is 0 Å². The summed E-state index contributed by atoms with van der Waals surface area (Å²) in [5.74, 6) is -0.296. The van der Waals surface area contributed by atoms with Crippen LogP contribution in [0, 0.1) is 0 Å². The summed E-state index contributed by atoms with van der Waals surface area (Å²) >= 11 is 0. The normalized spacial score (nSPS) is 11.7. The minimum Gasteiger partial charge on any atom is -0.383 e. The maximum absolute atomic E-state index is 11.8. The summed E-state index contributed by atoms with van der Waals surface area (Å²) in [6, 6.07) is 6.67. The van der Waals surface area contributed by atoms with Gasteiger partial charge in [0.2, 0.25) is 5.91 Å². The van der Waals surface area contributed by atoms with E-state index < -0.39 is 0 Å². The molecule has 0 spiro atoms. The number of nitrogens with one attached hydrogen (secondary N) is 2. The third-order valence-electron chi connectivity index (χ3n) is 2.26. The SMILES string of the molecule is COCC(C)NC(=O)c1ccc(NC(C)=O)cc1. The van der Waals surface area contributed by atoms with Gasteiger partial charge in [0.1, 0.15) is 0 Å². The van der Waals surface area contributed by atoms with Gasteiger partial charge in [0.25, 0.3) is 5.91 Å². The van der Waals surface area contributed by atoms with Crippen molar-refractivity contribution < 1.29 is 14.3 Å². The second-order valence-electron chi connectivity index (χ2n) is 4.09. The van der Waals surface area contributed by atoms with Crippen molar-refractivity contribution in [3.63, 3.8) is 0 Å². The monoisotopic (exact) mass is 250 g/mol. The van der Waals surface area contributed by atoms with Crippen LogP contribution < -0.4 is 10.6 Å². The molecule has 2 amide bonds. The fourth-order valence-electron chi connectivity index (χ4n) is 1.51. The molecule has 1 unspecified atom stereocenters. The highest BCUT2D eigenvalue weighted by Crippen LogP contribution is 2.09. The van der Waals surface area contributed by atoms with Crippen molar-refractivity contribution in [1.29, 1.82) is 0 Å². The zero-order valence-corrected chi connectivity index (χ0v) is 10.8. The van der Waals surface area contributed by atoms with E-state index in [0.29, 0.717) is 17.9 Å². The maximum Gasteiger partial charge on any atom is 0.251 e. The smallest absolute Gasteiger partial charge is 0.251 e. The predicted molar refractivity (Wildman–Crippen MR) is 69.5 cm³/mol. The average Bonchev–Trinajstić information content (AvgIpc) is 2.29. The Hall–Kier alpha value is -1.88. The van der Waals surface area contributed by atoms with Crippen LogP contribution in [-0.2, 0) is 9.53 Å². The number of benzene rings is 1. The zero-order chi connectivity index (χ0) is 13.5. The van der Waals surface area contributed by atoms with Crippen LogP contribution in [0.15, 0.2) is 24.3 Å². The Bertz CT molecular complexity index is 415. The van der Waals surface area contributed by atoms with Gasteiger partial charge in [-0.3, -0.25) is 9.59 Å². The standard InChI is InChI=1S/C13H18N2O3/c1-9(8-18-3)14-13(17)11-4-6-12(7-5-11)15-10(2)16/h4-7,9H,8H2,1-3H3,(H,14,17)(H,15,16). The summed E-state index contributed by atoms with van der Waals surface area (Å²) in [6.45, 7) is 3.77. The van der Waals surface area contributed by atoms with E-state index in [2.05, 4.69) is 10.6 Å². The number of hydrogen-bond acceptors (Lipinski definition) is 3. The van der Waals surface area contributed by atoms with Crippen LogP contribution in [0.4, 0.5) is 5.69 Å². The van der Waals surface area contributed by atoms with Crippen molar-refractivity contribution in [2.45, 2.75) is 19.9 Å². The van der Waals surface area contributed by atoms with E-state index in [0.717, 1.165) is 0 Å². The van der Waals surface area contributed by atoms with Gasteiger partial charge in [0.15, 0.2) is 0 Å². The van der Waals surface area contributed by atoms with Crippen molar-refractivity contribution in [3.8, 4) is 0 Å². The van der Waals surface area contributed by atoms with Crippen molar-refractivity contribution in [2.24, 2.45) is 0 Å². The maximum atomic E-state index is 11.8. The zero-order valence-electron chi connectivity index (χ0n) is 10.8. The molecule has 0 aliphatic carbocycles. The fraction of sp³-hybridized carbons (Fsp3) is 0.385. The van der Waals surface area contributed by atoms with E-state index in [4.69, 9.17) is 4.74 Å². The number of anilines is 1. The van der Waals surface area contributed by atoms with E-state index in [9.17, 15) is 9.59 Å². The first kappa shape index (κ1) is 14.2. The predicted octanol–water partition coefficient (Wildman–Crippen LogP) is 1.41. The van der Waals surface area contributed by atoms with Crippen molar-refractivity contribution in [2.75, 3.05) is 19.0 Å². The summed E-state index contributed by atoms with van der Waals surface area (Å²) in [5.41, 5.74) is 1.22. The molecule has 0 aromatic heterocycles. The molecule has 1 aromatic carbocycles. The van der Waals surface area contributed by atoms with Crippen LogP contribution >= 0.6 is 0 Å². The summed E-state index contributed by atoms with van der Waals surface area (Å²) in [4.78, 5) is 22.7. The Morgan fingerprint density at radius 3 is 2.39 bits per heavy atom. The van der Waals surface area contributed by atoms with E-state index in [1.54, 1.807) is 31.4 Å². The van der Waals surface area contributed by atoms with Crippen molar-refractivity contribution in [3.05, 3.63) is 29.8 Å². The largest absolute Gasteiger partial charge is 0.383 e. The molecule has 0 aliphatic rings. The summed E-state index contributed by atoms with van der Waals surface area (Å²) in [6.07, 6.45) is 0. The Balaban J connectivity index is 2.61. The van der Waals surface area contributed by atoms with Gasteiger partial charge >= 0.3 is 0 Å². The molecule has 5 heteroatoms. The fourth-order valence-corrected chi connectivity index (χ4v) is 1.51. The van der Waals surface area contributed by atoms with Gasteiger partial charge in [0.05, 0.1) is 6.61 Å². The highest BCUT2D eigenvalue weighted by Gasteiger charge is 2.09. The molecule has 98 valence electrons. The molecule has 1 rings (SSSR count). The first-order valence-electron chi connectivity index (χ1n) is 5.70. The molecule has 0 radical (unpaired) electrons. The number of carbonyl (C=O) groups is 2. The number of rotatable bonds is 5. The second-order valence-corrected chi connectivity index (χ2v) is 4.09. The van der Waals surface area contributed by atoms with Crippen molar-refractivity contribution in [1.82, 2.24) is 5.32 Å². The lowest BCUT2D eigenvalue weighted by atomic mass is 10.2. The van der Waals surface area contributed by atoms with Gasteiger partial charge < -0.3 is 15.4 Å². The number of hydrogen-bond donors (Lipinski definition) is 2. The molecule has 0 saturated carbocycles. The van der Waals surface area contributed by atoms with Gasteiger partial charge in [-0.15, -0.1) is 0 Å². The van der Waals surface area contributed by atoms with Gasteiger partial charge in [-0.05, 0) is 31.2 Å². The van der Waals surface area contributed by atoms with E-state index in [1.165, 1.54) is 6.92 Å². The minimum atomic E-state index is -0.158. The second kappa shape index (κ2) is 6.76. The molecule has 2 N–H and O–H groups in total. The molecule has 18 heavy (non-hydrogen) atoms. The van der Waals surface area contributed by atoms with Crippen LogP contribution in [0.2, 0.25) is 0 Å². The lowest BCUT2D eigenvalue weighted by Crippen LogP contribution is -2.35. The molecule has 0 saturated heterocycles. The van der Waals surface area contributed by atoms with Crippen molar-refractivity contribution >= 4 is 17.5 Å². The third kappa shape index (κ3) is 4.55. The average molecular weight is 250 g/mol. The van der Waals surface area contributed by atoms with E-state index in [1.807, 2.05) is 6.92 Å². The molecule has 0 heterocycles. The van der Waals surface area contributed by atoms with E-state index in [-0.39, 0.29) is 17.9 Å². The molecule has 1 aromatic rings. The Morgan fingerprint density at radius 1 is 1.28 bits per heavy atom. The van der Waals surface area contributed by atoms with Gasteiger partial charge in [-0.2, -0.15) is 0 Å². The number of methoxy groups -OCH3 is 1. The first-order valence-corrected chi connectivity index (χ1v) is 5.70. The molecule has 5 nitrogen and oxygen atoms in total. The Kier molecular flexibility index (Phi) is 5.32. The molecular formula is C13H18N2O3. The summed E-state index contributed by atoms with van der Waals surface area (Å²) in [7, 11) is 1.59.